The van der Waals surface area contributed by atoms with Crippen molar-refractivity contribution in [1.29, 1.82) is 0 Å². The summed E-state index contributed by atoms with van der Waals surface area (Å²) in [7, 11) is 0. The fourth-order valence-corrected chi connectivity index (χ4v) is 5.61. The Bertz CT molecular complexity index is 1000. The molecule has 2 aromatic carbocycles. The molecule has 0 unspecified atom stereocenters. The standard InChI is InChI=1S/C23H19N3O2/c27-21-19-17-10-11-18(23(17)12-13-23)20(19)22(28)26(21)16-8-6-15(7-9-16)25-24-14-4-2-1-3-5-14/h1-11,17-20H,12-13H2/t17-,18-,19+,20+/m1/s1. The van der Waals surface area contributed by atoms with E-state index >= 15 is 0 Å². The van der Waals surface area contributed by atoms with Crippen molar-refractivity contribution in [3.05, 3.63) is 66.7 Å². The fourth-order valence-electron chi connectivity index (χ4n) is 5.61. The van der Waals surface area contributed by atoms with Crippen LogP contribution in [-0.4, -0.2) is 11.8 Å². The first-order valence-corrected chi connectivity index (χ1v) is 9.82. The van der Waals surface area contributed by atoms with Crippen LogP contribution in [0.15, 0.2) is 77.0 Å². The second-order valence-electron chi connectivity index (χ2n) is 8.29. The number of nitrogens with zero attached hydrogens (tertiary/aromatic N) is 3. The van der Waals surface area contributed by atoms with Crippen LogP contribution in [-0.2, 0) is 9.59 Å². The summed E-state index contributed by atoms with van der Waals surface area (Å²) < 4.78 is 0. The van der Waals surface area contributed by atoms with E-state index in [1.165, 1.54) is 4.90 Å². The number of fused-ring (bicyclic) bond motifs is 3. The molecule has 6 rings (SSSR count). The Morgan fingerprint density at radius 3 is 1.82 bits per heavy atom. The predicted molar refractivity (Wildman–Crippen MR) is 104 cm³/mol. The maximum absolute atomic E-state index is 13.1. The number of amides is 2. The molecule has 0 N–H and O–H groups in total. The third-order valence-electron chi connectivity index (χ3n) is 7.00. The van der Waals surface area contributed by atoms with Crippen LogP contribution in [0.1, 0.15) is 12.8 Å². The minimum absolute atomic E-state index is 0.0308. The molecule has 5 heteroatoms. The number of carbonyl (C=O) groups is 2. The van der Waals surface area contributed by atoms with Gasteiger partial charge in [0.25, 0.3) is 0 Å². The number of allylic oxidation sites excluding steroid dienone is 2. The summed E-state index contributed by atoms with van der Waals surface area (Å²) in [6, 6.07) is 16.7. The molecule has 1 spiro atoms. The van der Waals surface area contributed by atoms with E-state index in [-0.39, 0.29) is 40.9 Å². The highest BCUT2D eigenvalue weighted by atomic mass is 16.2. The van der Waals surface area contributed by atoms with E-state index in [4.69, 9.17) is 0 Å². The second kappa shape index (κ2) is 5.47. The number of azo groups is 1. The highest BCUT2D eigenvalue weighted by molar-refractivity contribution is 6.23. The average molecular weight is 369 g/mol. The highest BCUT2D eigenvalue weighted by Gasteiger charge is 2.73. The Morgan fingerprint density at radius 2 is 1.29 bits per heavy atom. The van der Waals surface area contributed by atoms with Crippen molar-refractivity contribution in [3.63, 3.8) is 0 Å². The van der Waals surface area contributed by atoms with Gasteiger partial charge in [0.2, 0.25) is 11.8 Å². The molecule has 4 atom stereocenters. The van der Waals surface area contributed by atoms with Crippen LogP contribution >= 0.6 is 0 Å². The third-order valence-corrected chi connectivity index (χ3v) is 7.00. The van der Waals surface area contributed by atoms with E-state index < -0.39 is 0 Å². The minimum atomic E-state index is -0.164. The monoisotopic (exact) mass is 369 g/mol. The maximum Gasteiger partial charge on any atom is 0.238 e. The summed E-state index contributed by atoms with van der Waals surface area (Å²) in [5, 5.41) is 8.43. The van der Waals surface area contributed by atoms with Gasteiger partial charge in [-0.3, -0.25) is 14.5 Å². The molecule has 4 aliphatic rings. The van der Waals surface area contributed by atoms with Crippen LogP contribution < -0.4 is 4.90 Å². The van der Waals surface area contributed by atoms with E-state index in [1.54, 1.807) is 24.3 Å². The van der Waals surface area contributed by atoms with E-state index in [0.717, 1.165) is 18.5 Å². The van der Waals surface area contributed by atoms with Crippen LogP contribution in [0.4, 0.5) is 17.1 Å². The predicted octanol–water partition coefficient (Wildman–Crippen LogP) is 4.80. The fraction of sp³-hybridized carbons (Fsp3) is 0.304. The lowest BCUT2D eigenvalue weighted by Gasteiger charge is -2.21. The van der Waals surface area contributed by atoms with Gasteiger partial charge in [-0.25, -0.2) is 0 Å². The zero-order chi connectivity index (χ0) is 18.9. The maximum atomic E-state index is 13.1. The first kappa shape index (κ1) is 15.9. The van der Waals surface area contributed by atoms with Gasteiger partial charge in [-0.1, -0.05) is 30.4 Å². The topological polar surface area (TPSA) is 62.1 Å². The lowest BCUT2D eigenvalue weighted by Crippen LogP contribution is -2.34. The first-order valence-electron chi connectivity index (χ1n) is 9.82. The molecule has 0 radical (unpaired) electrons. The van der Waals surface area contributed by atoms with Crippen LogP contribution in [0, 0.1) is 29.1 Å². The van der Waals surface area contributed by atoms with Crippen LogP contribution in [0.25, 0.3) is 0 Å². The smallest absolute Gasteiger partial charge is 0.238 e. The van der Waals surface area contributed by atoms with Crippen molar-refractivity contribution in [1.82, 2.24) is 0 Å². The van der Waals surface area contributed by atoms with Gasteiger partial charge in [0.1, 0.15) is 0 Å². The van der Waals surface area contributed by atoms with E-state index in [2.05, 4.69) is 22.4 Å². The van der Waals surface area contributed by atoms with E-state index in [0.29, 0.717) is 11.4 Å². The normalized spacial score (nSPS) is 31.4. The molecule has 138 valence electrons. The first-order chi connectivity index (χ1) is 13.7. The van der Waals surface area contributed by atoms with Crippen molar-refractivity contribution >= 4 is 28.9 Å². The van der Waals surface area contributed by atoms with E-state index in [9.17, 15) is 9.59 Å². The number of anilines is 1. The Hall–Kier alpha value is -3.08. The lowest BCUT2D eigenvalue weighted by molar-refractivity contribution is -0.123. The number of rotatable bonds is 3. The Kier molecular flexibility index (Phi) is 3.11. The molecular formula is C23H19N3O2. The molecule has 5 nitrogen and oxygen atoms in total. The number of hydrogen-bond donors (Lipinski definition) is 0. The van der Waals surface area contributed by atoms with Crippen molar-refractivity contribution in [3.8, 4) is 0 Å². The number of benzene rings is 2. The van der Waals surface area contributed by atoms with Crippen molar-refractivity contribution in [2.75, 3.05) is 4.90 Å². The largest absolute Gasteiger partial charge is 0.274 e. The van der Waals surface area contributed by atoms with Gasteiger partial charge in [0.05, 0.1) is 28.9 Å². The van der Waals surface area contributed by atoms with Gasteiger partial charge in [-0.15, -0.1) is 0 Å². The number of carbonyl (C=O) groups excluding carboxylic acids is 2. The summed E-state index contributed by atoms with van der Waals surface area (Å²) >= 11 is 0. The second-order valence-corrected chi connectivity index (χ2v) is 8.29. The summed E-state index contributed by atoms with van der Waals surface area (Å²) in [6.07, 6.45) is 6.70. The summed E-state index contributed by atoms with van der Waals surface area (Å²) in [5.41, 5.74) is 2.33. The SMILES string of the molecule is O=C1[C@@H]2[C@@H](C(=O)N1c1ccc(N=Nc3ccccc3)cc1)[C@H]1C=C[C@H]2C12CC2. The van der Waals surface area contributed by atoms with Gasteiger partial charge in [0.15, 0.2) is 0 Å². The minimum Gasteiger partial charge on any atom is -0.274 e. The lowest BCUT2D eigenvalue weighted by atomic mass is 9.85. The molecule has 1 saturated heterocycles. The van der Waals surface area contributed by atoms with Crippen molar-refractivity contribution in [2.24, 2.45) is 39.3 Å². The molecule has 1 aliphatic heterocycles. The Balaban J connectivity index is 1.25. The summed E-state index contributed by atoms with van der Waals surface area (Å²) in [6.45, 7) is 0. The zero-order valence-corrected chi connectivity index (χ0v) is 15.2. The van der Waals surface area contributed by atoms with Gasteiger partial charge >= 0.3 is 0 Å². The Labute approximate surface area is 162 Å². The summed E-state index contributed by atoms with van der Waals surface area (Å²) in [4.78, 5) is 27.7. The molecule has 1 heterocycles. The van der Waals surface area contributed by atoms with Gasteiger partial charge < -0.3 is 0 Å². The zero-order valence-electron chi connectivity index (χ0n) is 15.2. The number of imide groups is 1. The van der Waals surface area contributed by atoms with Crippen LogP contribution in [0.5, 0.6) is 0 Å². The number of hydrogen-bond acceptors (Lipinski definition) is 4. The Morgan fingerprint density at radius 1 is 0.750 bits per heavy atom. The molecule has 28 heavy (non-hydrogen) atoms. The van der Waals surface area contributed by atoms with Gasteiger partial charge in [-0.05, 0) is 66.5 Å². The molecule has 2 saturated carbocycles. The molecule has 0 aromatic heterocycles. The molecule has 2 bridgehead atoms. The molecule has 3 fully saturated rings. The molecule has 2 aromatic rings. The third kappa shape index (κ3) is 2.02. The van der Waals surface area contributed by atoms with Crippen LogP contribution in [0.3, 0.4) is 0 Å². The molecular weight excluding hydrogens is 350 g/mol. The quantitative estimate of drug-likeness (QED) is 0.443. The van der Waals surface area contributed by atoms with Crippen molar-refractivity contribution < 1.29 is 9.59 Å². The van der Waals surface area contributed by atoms with Gasteiger partial charge in [-0.2, -0.15) is 10.2 Å². The molecule has 2 amide bonds. The highest BCUT2D eigenvalue weighted by Crippen LogP contribution is 2.73. The molecule has 3 aliphatic carbocycles. The van der Waals surface area contributed by atoms with Gasteiger partial charge in [0, 0.05) is 0 Å². The average Bonchev–Trinajstić information content (AvgIpc) is 3.32. The van der Waals surface area contributed by atoms with E-state index in [1.807, 2.05) is 30.3 Å². The van der Waals surface area contributed by atoms with Crippen LogP contribution in [0.2, 0.25) is 0 Å². The van der Waals surface area contributed by atoms with Crippen molar-refractivity contribution in [2.45, 2.75) is 12.8 Å². The summed E-state index contributed by atoms with van der Waals surface area (Å²) in [5.74, 6) is 0.115.